The normalized spacial score (nSPS) is 16.3. The first-order valence-corrected chi connectivity index (χ1v) is 7.31. The molecule has 1 amide bonds. The Morgan fingerprint density at radius 2 is 2.10 bits per heavy atom. The number of rotatable bonds is 3. The zero-order valence-corrected chi connectivity index (χ0v) is 12.2. The van der Waals surface area contributed by atoms with E-state index in [1.807, 2.05) is 13.1 Å². The van der Waals surface area contributed by atoms with Crippen LogP contribution in [0.5, 0.6) is 0 Å². The van der Waals surface area contributed by atoms with Crippen molar-refractivity contribution in [2.45, 2.75) is 25.8 Å². The molecule has 1 aliphatic heterocycles. The Hall–Kier alpha value is -1.92. The predicted molar refractivity (Wildman–Crippen MR) is 79.1 cm³/mol. The van der Waals surface area contributed by atoms with Crippen molar-refractivity contribution < 1.29 is 10.0 Å². The third-order valence-electron chi connectivity index (χ3n) is 4.15. The maximum Gasteiger partial charge on any atom is 0.274 e. The highest BCUT2D eigenvalue weighted by Crippen LogP contribution is 2.19. The van der Waals surface area contributed by atoms with Gasteiger partial charge in [0.2, 0.25) is 0 Å². The maximum absolute atomic E-state index is 11.5. The molecule has 0 aliphatic carbocycles. The summed E-state index contributed by atoms with van der Waals surface area (Å²) >= 11 is 0. The summed E-state index contributed by atoms with van der Waals surface area (Å²) in [7, 11) is 2.00. The van der Waals surface area contributed by atoms with Gasteiger partial charge in [0.05, 0.1) is 17.6 Å². The molecule has 0 unspecified atom stereocenters. The summed E-state index contributed by atoms with van der Waals surface area (Å²) in [5.41, 5.74) is 3.84. The van der Waals surface area contributed by atoms with E-state index in [4.69, 9.17) is 5.21 Å². The number of likely N-dealkylation sites (tertiary alicyclic amines) is 1. The van der Waals surface area contributed by atoms with Gasteiger partial charge in [-0.25, -0.2) is 10.5 Å². The van der Waals surface area contributed by atoms with Crippen LogP contribution in [0.4, 0.5) is 0 Å². The lowest BCUT2D eigenvalue weighted by molar-refractivity contribution is 0.0706. The highest BCUT2D eigenvalue weighted by atomic mass is 16.5. The molecule has 0 bridgehead atoms. The van der Waals surface area contributed by atoms with Crippen LogP contribution in [0.15, 0.2) is 18.2 Å². The number of aryl methyl sites for hydroxylation is 1. The molecule has 1 aromatic heterocycles. The van der Waals surface area contributed by atoms with Crippen molar-refractivity contribution in [2.24, 2.45) is 7.05 Å². The van der Waals surface area contributed by atoms with Gasteiger partial charge in [-0.15, -0.1) is 0 Å². The second-order valence-electron chi connectivity index (χ2n) is 5.57. The molecule has 1 saturated heterocycles. The molecule has 21 heavy (non-hydrogen) atoms. The van der Waals surface area contributed by atoms with E-state index in [-0.39, 0.29) is 0 Å². The SMILES string of the molecule is Cn1c(CN2CCCCC2)nc2cc(C(=O)NO)ccc21. The van der Waals surface area contributed by atoms with E-state index in [1.165, 1.54) is 19.3 Å². The first-order valence-electron chi connectivity index (χ1n) is 7.31. The van der Waals surface area contributed by atoms with Crippen LogP contribution in [0.3, 0.4) is 0 Å². The van der Waals surface area contributed by atoms with Crippen LogP contribution in [0.25, 0.3) is 11.0 Å². The van der Waals surface area contributed by atoms with Crippen LogP contribution < -0.4 is 5.48 Å². The number of imidazole rings is 1. The minimum absolute atomic E-state index is 0.410. The lowest BCUT2D eigenvalue weighted by Crippen LogP contribution is -2.30. The number of piperidine rings is 1. The Morgan fingerprint density at radius 1 is 1.33 bits per heavy atom. The highest BCUT2D eigenvalue weighted by Gasteiger charge is 2.15. The van der Waals surface area contributed by atoms with Crippen molar-refractivity contribution in [2.75, 3.05) is 13.1 Å². The standard InChI is InChI=1S/C15H20N4O2/c1-18-13-6-5-11(15(20)17-21)9-12(13)16-14(18)10-19-7-3-2-4-8-19/h5-6,9,21H,2-4,7-8,10H2,1H3,(H,17,20). The van der Waals surface area contributed by atoms with Crippen LogP contribution in [0, 0.1) is 0 Å². The Kier molecular flexibility index (Phi) is 3.90. The number of hydrogen-bond acceptors (Lipinski definition) is 4. The largest absolute Gasteiger partial charge is 0.330 e. The van der Waals surface area contributed by atoms with Crippen molar-refractivity contribution in [3.8, 4) is 0 Å². The first-order chi connectivity index (χ1) is 10.2. The fourth-order valence-corrected chi connectivity index (χ4v) is 2.91. The molecule has 112 valence electrons. The molecule has 6 heteroatoms. The molecule has 0 spiro atoms. The molecular formula is C15H20N4O2. The summed E-state index contributed by atoms with van der Waals surface area (Å²) in [5, 5.41) is 8.70. The predicted octanol–water partition coefficient (Wildman–Crippen LogP) is 1.68. The Labute approximate surface area is 123 Å². The van der Waals surface area contributed by atoms with Gasteiger partial charge in [0.1, 0.15) is 5.82 Å². The molecule has 0 saturated carbocycles. The van der Waals surface area contributed by atoms with Crippen LogP contribution in [-0.4, -0.2) is 38.7 Å². The number of hydrogen-bond donors (Lipinski definition) is 2. The van der Waals surface area contributed by atoms with Crippen molar-refractivity contribution in [3.05, 3.63) is 29.6 Å². The van der Waals surface area contributed by atoms with Crippen molar-refractivity contribution in [1.29, 1.82) is 0 Å². The molecular weight excluding hydrogens is 268 g/mol. The van der Waals surface area contributed by atoms with E-state index in [0.29, 0.717) is 5.56 Å². The first kappa shape index (κ1) is 14.0. The Bertz CT molecular complexity index is 659. The van der Waals surface area contributed by atoms with Crippen LogP contribution in [0.2, 0.25) is 0 Å². The average molecular weight is 288 g/mol. The van der Waals surface area contributed by atoms with E-state index in [9.17, 15) is 4.79 Å². The minimum atomic E-state index is -0.514. The number of carbonyl (C=O) groups is 1. The van der Waals surface area contributed by atoms with E-state index >= 15 is 0 Å². The fourth-order valence-electron chi connectivity index (χ4n) is 2.91. The second-order valence-corrected chi connectivity index (χ2v) is 5.57. The van der Waals surface area contributed by atoms with E-state index in [1.54, 1.807) is 17.6 Å². The number of nitrogens with one attached hydrogen (secondary N) is 1. The van der Waals surface area contributed by atoms with Crippen molar-refractivity contribution in [1.82, 2.24) is 19.9 Å². The lowest BCUT2D eigenvalue weighted by Gasteiger charge is -2.25. The van der Waals surface area contributed by atoms with Gasteiger partial charge in [-0.05, 0) is 44.1 Å². The van der Waals surface area contributed by atoms with Gasteiger partial charge in [0.25, 0.3) is 5.91 Å². The molecule has 2 N–H and O–H groups in total. The van der Waals surface area contributed by atoms with Gasteiger partial charge in [-0.2, -0.15) is 0 Å². The van der Waals surface area contributed by atoms with Gasteiger partial charge < -0.3 is 4.57 Å². The second kappa shape index (κ2) is 5.83. The van der Waals surface area contributed by atoms with Gasteiger partial charge in [0, 0.05) is 12.6 Å². The zero-order valence-electron chi connectivity index (χ0n) is 12.2. The molecule has 1 fully saturated rings. The fraction of sp³-hybridized carbons (Fsp3) is 0.467. The average Bonchev–Trinajstić information content (AvgIpc) is 2.83. The monoisotopic (exact) mass is 288 g/mol. The van der Waals surface area contributed by atoms with Gasteiger partial charge in [-0.1, -0.05) is 6.42 Å². The summed E-state index contributed by atoms with van der Waals surface area (Å²) < 4.78 is 2.07. The molecule has 6 nitrogen and oxygen atoms in total. The summed E-state index contributed by atoms with van der Waals surface area (Å²) in [4.78, 5) is 18.5. The third-order valence-corrected chi connectivity index (χ3v) is 4.15. The Balaban J connectivity index is 1.89. The zero-order chi connectivity index (χ0) is 14.8. The summed E-state index contributed by atoms with van der Waals surface area (Å²) in [6.45, 7) is 3.09. The van der Waals surface area contributed by atoms with E-state index < -0.39 is 5.91 Å². The quantitative estimate of drug-likeness (QED) is 0.666. The number of hydroxylamine groups is 1. The summed E-state index contributed by atoms with van der Waals surface area (Å²) in [5.74, 6) is 0.494. The third kappa shape index (κ3) is 2.77. The molecule has 1 aliphatic rings. The van der Waals surface area contributed by atoms with Gasteiger partial charge >= 0.3 is 0 Å². The van der Waals surface area contributed by atoms with Crippen LogP contribution in [-0.2, 0) is 13.6 Å². The number of benzene rings is 1. The summed E-state index contributed by atoms with van der Waals surface area (Å²) in [6.07, 6.45) is 3.83. The molecule has 3 rings (SSSR count). The van der Waals surface area contributed by atoms with E-state index in [0.717, 1.165) is 36.5 Å². The van der Waals surface area contributed by atoms with Gasteiger partial charge in [-0.3, -0.25) is 14.9 Å². The lowest BCUT2D eigenvalue weighted by atomic mass is 10.1. The number of amides is 1. The van der Waals surface area contributed by atoms with Crippen LogP contribution >= 0.6 is 0 Å². The highest BCUT2D eigenvalue weighted by molar-refractivity contribution is 5.96. The van der Waals surface area contributed by atoms with Gasteiger partial charge in [0.15, 0.2) is 0 Å². The topological polar surface area (TPSA) is 70.4 Å². The number of fused-ring (bicyclic) bond motifs is 1. The maximum atomic E-state index is 11.5. The minimum Gasteiger partial charge on any atom is -0.330 e. The van der Waals surface area contributed by atoms with Crippen molar-refractivity contribution in [3.63, 3.8) is 0 Å². The van der Waals surface area contributed by atoms with Crippen LogP contribution in [0.1, 0.15) is 35.4 Å². The van der Waals surface area contributed by atoms with Crippen molar-refractivity contribution >= 4 is 16.9 Å². The number of carbonyl (C=O) groups excluding carboxylic acids is 1. The summed E-state index contributed by atoms with van der Waals surface area (Å²) in [6, 6.07) is 5.27. The number of nitrogens with zero attached hydrogens (tertiary/aromatic N) is 3. The smallest absolute Gasteiger partial charge is 0.274 e. The number of aromatic nitrogens is 2. The molecule has 2 heterocycles. The molecule has 1 aromatic carbocycles. The Morgan fingerprint density at radius 3 is 2.81 bits per heavy atom. The van der Waals surface area contributed by atoms with E-state index in [2.05, 4.69) is 14.5 Å². The molecule has 0 atom stereocenters. The molecule has 2 aromatic rings. The molecule has 0 radical (unpaired) electrons.